The maximum absolute atomic E-state index is 12.2. The molecule has 1 aromatic carbocycles. The van der Waals surface area contributed by atoms with E-state index in [4.69, 9.17) is 0 Å². The number of piperidine rings is 1. The Balaban J connectivity index is 1.36. The van der Waals surface area contributed by atoms with Gasteiger partial charge in [0, 0.05) is 31.6 Å². The van der Waals surface area contributed by atoms with Crippen molar-refractivity contribution in [1.82, 2.24) is 10.2 Å². The molecule has 1 saturated heterocycles. The maximum atomic E-state index is 12.2. The van der Waals surface area contributed by atoms with Gasteiger partial charge in [-0.2, -0.15) is 0 Å². The van der Waals surface area contributed by atoms with Gasteiger partial charge in [-0.3, -0.25) is 4.79 Å². The summed E-state index contributed by atoms with van der Waals surface area (Å²) >= 11 is 0. The van der Waals surface area contributed by atoms with Crippen molar-refractivity contribution in [3.8, 4) is 0 Å². The van der Waals surface area contributed by atoms with Crippen molar-refractivity contribution in [2.24, 2.45) is 0 Å². The van der Waals surface area contributed by atoms with Crippen LogP contribution >= 0.6 is 0 Å². The molecule has 3 heteroatoms. The minimum atomic E-state index is 0.213. The Morgan fingerprint density at radius 1 is 1.09 bits per heavy atom. The number of nitrogens with zero attached hydrogens (tertiary/aromatic N) is 1. The van der Waals surface area contributed by atoms with Crippen molar-refractivity contribution in [2.45, 2.75) is 70.4 Å². The second-order valence-corrected chi connectivity index (χ2v) is 7.30. The zero-order chi connectivity index (χ0) is 16.1. The summed E-state index contributed by atoms with van der Waals surface area (Å²) in [5.41, 5.74) is 2.52. The molecule has 1 heterocycles. The first-order valence-corrected chi connectivity index (χ1v) is 9.29. The lowest BCUT2D eigenvalue weighted by atomic mass is 10.0. The van der Waals surface area contributed by atoms with E-state index in [9.17, 15) is 4.79 Å². The van der Waals surface area contributed by atoms with Crippen LogP contribution in [0.4, 0.5) is 0 Å². The first-order valence-electron chi connectivity index (χ1n) is 9.29. The molecule has 23 heavy (non-hydrogen) atoms. The van der Waals surface area contributed by atoms with E-state index in [0.29, 0.717) is 12.5 Å². The molecule has 2 fully saturated rings. The third kappa shape index (κ3) is 4.81. The molecule has 126 valence electrons. The Kier molecular flexibility index (Phi) is 5.71. The van der Waals surface area contributed by atoms with E-state index in [-0.39, 0.29) is 5.91 Å². The van der Waals surface area contributed by atoms with Crippen molar-refractivity contribution in [3.63, 3.8) is 0 Å². The van der Waals surface area contributed by atoms with Crippen molar-refractivity contribution in [3.05, 3.63) is 35.4 Å². The van der Waals surface area contributed by atoms with Crippen LogP contribution in [0.2, 0.25) is 0 Å². The van der Waals surface area contributed by atoms with E-state index in [1.54, 1.807) is 0 Å². The lowest BCUT2D eigenvalue weighted by molar-refractivity contribution is -0.122. The van der Waals surface area contributed by atoms with E-state index < -0.39 is 0 Å². The van der Waals surface area contributed by atoms with Crippen LogP contribution in [0, 0.1) is 6.92 Å². The van der Waals surface area contributed by atoms with Crippen LogP contribution in [0.1, 0.15) is 56.1 Å². The number of amides is 1. The van der Waals surface area contributed by atoms with Crippen LogP contribution in [0.25, 0.3) is 0 Å². The molecule has 0 atom stereocenters. The first-order chi connectivity index (χ1) is 11.2. The first kappa shape index (κ1) is 16.5. The highest BCUT2D eigenvalue weighted by atomic mass is 16.1. The third-order valence-electron chi connectivity index (χ3n) is 5.50. The highest BCUT2D eigenvalue weighted by molar-refractivity contribution is 5.76. The maximum Gasteiger partial charge on any atom is 0.220 e. The standard InChI is InChI=1S/C20H30N2O/c1-16-6-8-17(9-7-16)10-11-20(23)21-18-12-14-22(15-13-18)19-4-2-3-5-19/h6-9,18-19H,2-5,10-15H2,1H3,(H,21,23). The summed E-state index contributed by atoms with van der Waals surface area (Å²) in [6.45, 7) is 4.41. The molecular formula is C20H30N2O. The van der Waals surface area contributed by atoms with Gasteiger partial charge in [0.05, 0.1) is 0 Å². The SMILES string of the molecule is Cc1ccc(CCC(=O)NC2CCN(C3CCCC3)CC2)cc1. The molecular weight excluding hydrogens is 284 g/mol. The summed E-state index contributed by atoms with van der Waals surface area (Å²) in [6.07, 6.45) is 9.25. The molecule has 0 spiro atoms. The molecule has 1 saturated carbocycles. The summed E-state index contributed by atoms with van der Waals surface area (Å²) in [6, 6.07) is 9.70. The van der Waals surface area contributed by atoms with Gasteiger partial charge in [0.25, 0.3) is 0 Å². The van der Waals surface area contributed by atoms with Crippen molar-refractivity contribution in [1.29, 1.82) is 0 Å². The minimum Gasteiger partial charge on any atom is -0.353 e. The summed E-state index contributed by atoms with van der Waals surface area (Å²) in [5.74, 6) is 0.213. The van der Waals surface area contributed by atoms with E-state index in [1.807, 2.05) is 0 Å². The van der Waals surface area contributed by atoms with Crippen LogP contribution in [0.5, 0.6) is 0 Å². The average molecular weight is 314 g/mol. The summed E-state index contributed by atoms with van der Waals surface area (Å²) in [5, 5.41) is 3.25. The molecule has 1 N–H and O–H groups in total. The lowest BCUT2D eigenvalue weighted by Crippen LogP contribution is -2.47. The fraction of sp³-hybridized carbons (Fsp3) is 0.650. The van der Waals surface area contributed by atoms with Crippen LogP contribution in [-0.2, 0) is 11.2 Å². The summed E-state index contributed by atoms with van der Waals surface area (Å²) in [4.78, 5) is 14.8. The largest absolute Gasteiger partial charge is 0.353 e. The zero-order valence-electron chi connectivity index (χ0n) is 14.4. The fourth-order valence-corrected chi connectivity index (χ4v) is 3.99. The number of hydrogen-bond donors (Lipinski definition) is 1. The molecule has 0 aromatic heterocycles. The molecule has 3 nitrogen and oxygen atoms in total. The van der Waals surface area contributed by atoms with Gasteiger partial charge in [0.15, 0.2) is 0 Å². The lowest BCUT2D eigenvalue weighted by Gasteiger charge is -2.36. The number of carbonyl (C=O) groups excluding carboxylic acids is 1. The zero-order valence-corrected chi connectivity index (χ0v) is 14.4. The predicted molar refractivity (Wildman–Crippen MR) is 94.5 cm³/mol. The van der Waals surface area contributed by atoms with Crippen molar-refractivity contribution >= 4 is 5.91 Å². The van der Waals surface area contributed by atoms with Crippen LogP contribution in [-0.4, -0.2) is 36.0 Å². The molecule has 1 aromatic rings. The number of likely N-dealkylation sites (tertiary alicyclic amines) is 1. The molecule has 1 aliphatic carbocycles. The van der Waals surface area contributed by atoms with Crippen molar-refractivity contribution in [2.75, 3.05) is 13.1 Å². The average Bonchev–Trinajstić information content (AvgIpc) is 3.09. The molecule has 0 radical (unpaired) electrons. The van der Waals surface area contributed by atoms with Gasteiger partial charge in [0.2, 0.25) is 5.91 Å². The predicted octanol–water partition coefficient (Wildman–Crippen LogP) is 3.45. The monoisotopic (exact) mass is 314 g/mol. The second-order valence-electron chi connectivity index (χ2n) is 7.30. The van der Waals surface area contributed by atoms with Gasteiger partial charge in [-0.15, -0.1) is 0 Å². The van der Waals surface area contributed by atoms with Crippen molar-refractivity contribution < 1.29 is 4.79 Å². The Bertz CT molecular complexity index is 497. The molecule has 1 aliphatic heterocycles. The van der Waals surface area contributed by atoms with E-state index in [2.05, 4.69) is 41.4 Å². The van der Waals surface area contributed by atoms with Crippen LogP contribution in [0.15, 0.2) is 24.3 Å². The van der Waals surface area contributed by atoms with Gasteiger partial charge in [-0.05, 0) is 44.6 Å². The molecule has 3 rings (SSSR count). The fourth-order valence-electron chi connectivity index (χ4n) is 3.99. The quantitative estimate of drug-likeness (QED) is 0.903. The Morgan fingerprint density at radius 3 is 2.39 bits per heavy atom. The number of aryl methyl sites for hydroxylation is 2. The van der Waals surface area contributed by atoms with Gasteiger partial charge in [-0.25, -0.2) is 0 Å². The molecule has 2 aliphatic rings. The number of rotatable bonds is 5. The normalized spacial score (nSPS) is 20.7. The molecule has 1 amide bonds. The van der Waals surface area contributed by atoms with Gasteiger partial charge in [-0.1, -0.05) is 42.7 Å². The second kappa shape index (κ2) is 7.96. The number of carbonyl (C=O) groups is 1. The van der Waals surface area contributed by atoms with Crippen LogP contribution in [0.3, 0.4) is 0 Å². The third-order valence-corrected chi connectivity index (χ3v) is 5.50. The van der Waals surface area contributed by atoms with Crippen LogP contribution < -0.4 is 5.32 Å². The minimum absolute atomic E-state index is 0.213. The number of benzene rings is 1. The van der Waals surface area contributed by atoms with E-state index in [0.717, 1.165) is 38.4 Å². The Labute approximate surface area is 140 Å². The highest BCUT2D eigenvalue weighted by Gasteiger charge is 2.27. The topological polar surface area (TPSA) is 32.3 Å². The molecule has 0 unspecified atom stereocenters. The summed E-state index contributed by atoms with van der Waals surface area (Å²) < 4.78 is 0. The number of hydrogen-bond acceptors (Lipinski definition) is 2. The van der Waals surface area contributed by atoms with E-state index in [1.165, 1.54) is 36.8 Å². The van der Waals surface area contributed by atoms with E-state index >= 15 is 0 Å². The highest BCUT2D eigenvalue weighted by Crippen LogP contribution is 2.26. The smallest absolute Gasteiger partial charge is 0.220 e. The molecule has 0 bridgehead atoms. The van der Waals surface area contributed by atoms with Gasteiger partial charge >= 0.3 is 0 Å². The van der Waals surface area contributed by atoms with Gasteiger partial charge < -0.3 is 10.2 Å². The Morgan fingerprint density at radius 2 is 1.74 bits per heavy atom. The Hall–Kier alpha value is -1.35. The number of nitrogens with one attached hydrogen (secondary N) is 1. The summed E-state index contributed by atoms with van der Waals surface area (Å²) in [7, 11) is 0. The van der Waals surface area contributed by atoms with Gasteiger partial charge in [0.1, 0.15) is 0 Å².